The molecule has 1 aliphatic rings. The fourth-order valence-corrected chi connectivity index (χ4v) is 2.29. The van der Waals surface area contributed by atoms with E-state index in [0.29, 0.717) is 18.8 Å². The van der Waals surface area contributed by atoms with Crippen molar-refractivity contribution >= 4 is 6.09 Å². The number of nitrogens with zero attached hydrogens (tertiary/aromatic N) is 1. The third-order valence-corrected chi connectivity index (χ3v) is 2.95. The monoisotopic (exact) mass is 238 g/mol. The van der Waals surface area contributed by atoms with Crippen molar-refractivity contribution in [2.75, 3.05) is 0 Å². The van der Waals surface area contributed by atoms with Crippen LogP contribution in [0.5, 0.6) is 0 Å². The highest BCUT2D eigenvalue weighted by molar-refractivity contribution is 5.69. The first-order valence-electron chi connectivity index (χ1n) is 6.19. The summed E-state index contributed by atoms with van der Waals surface area (Å²) in [6, 6.07) is 2.25. The van der Waals surface area contributed by atoms with E-state index in [2.05, 4.69) is 18.3 Å². The van der Waals surface area contributed by atoms with Crippen LogP contribution < -0.4 is 5.32 Å². The van der Waals surface area contributed by atoms with Crippen LogP contribution in [0.1, 0.15) is 53.4 Å². The lowest BCUT2D eigenvalue weighted by Gasteiger charge is -2.35. The highest BCUT2D eigenvalue weighted by Gasteiger charge is 2.37. The number of amides is 1. The summed E-state index contributed by atoms with van der Waals surface area (Å²) in [5.41, 5.74) is -1.26. The van der Waals surface area contributed by atoms with Crippen LogP contribution in [-0.2, 0) is 4.74 Å². The summed E-state index contributed by atoms with van der Waals surface area (Å²) in [5, 5.41) is 12.0. The molecule has 17 heavy (non-hydrogen) atoms. The molecule has 96 valence electrons. The topological polar surface area (TPSA) is 62.1 Å². The van der Waals surface area contributed by atoms with Gasteiger partial charge >= 0.3 is 6.09 Å². The lowest BCUT2D eigenvalue weighted by molar-refractivity contribution is 0.0450. The van der Waals surface area contributed by atoms with Crippen molar-refractivity contribution in [2.45, 2.75) is 64.5 Å². The largest absolute Gasteiger partial charge is 0.444 e. The van der Waals surface area contributed by atoms with Gasteiger partial charge in [-0.15, -0.1) is 0 Å². The predicted molar refractivity (Wildman–Crippen MR) is 65.3 cm³/mol. The summed E-state index contributed by atoms with van der Waals surface area (Å²) < 4.78 is 5.20. The fourth-order valence-electron chi connectivity index (χ4n) is 2.29. The summed E-state index contributed by atoms with van der Waals surface area (Å²) in [5.74, 6) is 0.471. The molecule has 1 amide bonds. The Bertz CT molecular complexity index is 327. The Hall–Kier alpha value is -1.24. The van der Waals surface area contributed by atoms with Crippen molar-refractivity contribution in [2.24, 2.45) is 5.92 Å². The van der Waals surface area contributed by atoms with E-state index in [1.54, 1.807) is 0 Å². The first-order valence-corrected chi connectivity index (χ1v) is 6.19. The maximum Gasteiger partial charge on any atom is 0.408 e. The Morgan fingerprint density at radius 1 is 1.53 bits per heavy atom. The number of rotatable bonds is 1. The van der Waals surface area contributed by atoms with Crippen LogP contribution in [0.4, 0.5) is 4.79 Å². The van der Waals surface area contributed by atoms with E-state index < -0.39 is 17.2 Å². The molecule has 2 atom stereocenters. The van der Waals surface area contributed by atoms with Crippen LogP contribution in [0, 0.1) is 17.2 Å². The van der Waals surface area contributed by atoms with E-state index in [-0.39, 0.29) is 0 Å². The molecule has 1 fully saturated rings. The number of carbonyl (C=O) groups excluding carboxylic acids is 1. The number of carbonyl (C=O) groups is 1. The van der Waals surface area contributed by atoms with Gasteiger partial charge in [0.2, 0.25) is 0 Å². The third kappa shape index (κ3) is 4.26. The van der Waals surface area contributed by atoms with Gasteiger partial charge < -0.3 is 10.1 Å². The second kappa shape index (κ2) is 4.95. The number of nitrogens with one attached hydrogen (secondary N) is 1. The van der Waals surface area contributed by atoms with Gasteiger partial charge in [-0.3, -0.25) is 0 Å². The van der Waals surface area contributed by atoms with E-state index in [9.17, 15) is 10.1 Å². The molecule has 1 rings (SSSR count). The van der Waals surface area contributed by atoms with Gasteiger partial charge in [0.15, 0.2) is 0 Å². The third-order valence-electron chi connectivity index (χ3n) is 2.95. The molecule has 0 aromatic rings. The molecule has 0 heterocycles. The van der Waals surface area contributed by atoms with Gasteiger partial charge in [-0.1, -0.05) is 13.3 Å². The molecule has 1 N–H and O–H groups in total. The molecule has 1 saturated carbocycles. The molecule has 0 radical (unpaired) electrons. The van der Waals surface area contributed by atoms with Gasteiger partial charge in [-0.2, -0.15) is 5.26 Å². The quantitative estimate of drug-likeness (QED) is 0.763. The number of alkyl carbamates (subject to hydrolysis) is 1. The van der Waals surface area contributed by atoms with Gasteiger partial charge in [-0.25, -0.2) is 4.79 Å². The van der Waals surface area contributed by atoms with Crippen molar-refractivity contribution < 1.29 is 9.53 Å². The van der Waals surface area contributed by atoms with E-state index in [0.717, 1.165) is 12.8 Å². The maximum atomic E-state index is 11.7. The molecule has 0 aliphatic heterocycles. The van der Waals surface area contributed by atoms with Gasteiger partial charge in [0.25, 0.3) is 0 Å². The molecular weight excluding hydrogens is 216 g/mol. The standard InChI is InChI=1S/C13H22N2O2/c1-10-6-5-7-13(8-10,9-14)15-11(16)17-12(2,3)4/h10H,5-8H2,1-4H3,(H,15,16). The molecule has 1 aliphatic carbocycles. The van der Waals surface area contributed by atoms with Crippen molar-refractivity contribution in [3.63, 3.8) is 0 Å². The van der Waals surface area contributed by atoms with Gasteiger partial charge in [-0.05, 0) is 46.0 Å². The van der Waals surface area contributed by atoms with Crippen molar-refractivity contribution in [1.29, 1.82) is 5.26 Å². The lowest BCUT2D eigenvalue weighted by atomic mass is 9.77. The molecule has 0 aromatic carbocycles. The van der Waals surface area contributed by atoms with Gasteiger partial charge in [0.05, 0.1) is 6.07 Å². The number of ether oxygens (including phenoxy) is 1. The Morgan fingerprint density at radius 3 is 2.65 bits per heavy atom. The molecule has 0 bridgehead atoms. The van der Waals surface area contributed by atoms with Crippen LogP contribution in [-0.4, -0.2) is 17.2 Å². The van der Waals surface area contributed by atoms with Crippen LogP contribution >= 0.6 is 0 Å². The minimum atomic E-state index is -0.736. The Balaban J connectivity index is 2.64. The molecule has 0 spiro atoms. The fraction of sp³-hybridized carbons (Fsp3) is 0.846. The van der Waals surface area contributed by atoms with Crippen molar-refractivity contribution in [3.8, 4) is 6.07 Å². The van der Waals surface area contributed by atoms with E-state index >= 15 is 0 Å². The van der Waals surface area contributed by atoms with Crippen LogP contribution in [0.2, 0.25) is 0 Å². The zero-order valence-electron chi connectivity index (χ0n) is 11.2. The summed E-state index contributed by atoms with van der Waals surface area (Å²) in [6.07, 6.45) is 3.04. The SMILES string of the molecule is CC1CCCC(C#N)(NC(=O)OC(C)(C)C)C1. The highest BCUT2D eigenvalue weighted by Crippen LogP contribution is 2.32. The maximum absolute atomic E-state index is 11.7. The average Bonchev–Trinajstić information content (AvgIpc) is 2.14. The second-order valence-corrected chi connectivity index (χ2v) is 6.02. The van der Waals surface area contributed by atoms with Crippen molar-refractivity contribution in [1.82, 2.24) is 5.32 Å². The minimum absolute atomic E-state index is 0.471. The minimum Gasteiger partial charge on any atom is -0.444 e. The molecule has 0 aromatic heterocycles. The summed E-state index contributed by atoms with van der Waals surface area (Å²) in [4.78, 5) is 11.7. The predicted octanol–water partition coefficient (Wildman–Crippen LogP) is 2.98. The van der Waals surface area contributed by atoms with Gasteiger partial charge in [0, 0.05) is 0 Å². The highest BCUT2D eigenvalue weighted by atomic mass is 16.6. The van der Waals surface area contributed by atoms with Crippen molar-refractivity contribution in [3.05, 3.63) is 0 Å². The molecule has 2 unspecified atom stereocenters. The van der Waals surface area contributed by atoms with E-state index in [1.807, 2.05) is 20.8 Å². The molecular formula is C13H22N2O2. The van der Waals surface area contributed by atoms with Crippen LogP contribution in [0.15, 0.2) is 0 Å². The summed E-state index contributed by atoms with van der Waals surface area (Å²) in [6.45, 7) is 7.56. The Labute approximate surface area is 103 Å². The smallest absolute Gasteiger partial charge is 0.408 e. The summed E-state index contributed by atoms with van der Waals surface area (Å²) >= 11 is 0. The van der Waals surface area contributed by atoms with Crippen LogP contribution in [0.3, 0.4) is 0 Å². The average molecular weight is 238 g/mol. The number of hydrogen-bond donors (Lipinski definition) is 1. The number of hydrogen-bond acceptors (Lipinski definition) is 3. The Kier molecular flexibility index (Phi) is 4.03. The zero-order valence-corrected chi connectivity index (χ0v) is 11.2. The first-order chi connectivity index (χ1) is 7.76. The number of nitriles is 1. The van der Waals surface area contributed by atoms with E-state index in [1.165, 1.54) is 0 Å². The lowest BCUT2D eigenvalue weighted by Crippen LogP contribution is -2.51. The zero-order chi connectivity index (χ0) is 13.1. The van der Waals surface area contributed by atoms with Gasteiger partial charge in [0.1, 0.15) is 11.1 Å². The van der Waals surface area contributed by atoms with E-state index in [4.69, 9.17) is 4.74 Å². The second-order valence-electron chi connectivity index (χ2n) is 6.02. The molecule has 0 saturated heterocycles. The first kappa shape index (κ1) is 13.8. The molecule has 4 heteroatoms. The summed E-state index contributed by atoms with van der Waals surface area (Å²) in [7, 11) is 0. The normalized spacial score (nSPS) is 29.2. The molecule has 4 nitrogen and oxygen atoms in total. The van der Waals surface area contributed by atoms with Crippen LogP contribution in [0.25, 0.3) is 0 Å². The Morgan fingerprint density at radius 2 is 2.18 bits per heavy atom.